The van der Waals surface area contributed by atoms with E-state index in [0.29, 0.717) is 23.6 Å². The van der Waals surface area contributed by atoms with E-state index in [0.717, 1.165) is 23.5 Å². The van der Waals surface area contributed by atoms with Crippen molar-refractivity contribution in [3.63, 3.8) is 0 Å². The van der Waals surface area contributed by atoms with Crippen LogP contribution < -0.4 is 5.73 Å². The highest BCUT2D eigenvalue weighted by molar-refractivity contribution is 5.84. The summed E-state index contributed by atoms with van der Waals surface area (Å²) >= 11 is 0. The number of nitrogens with zero attached hydrogens (tertiary/aromatic N) is 4. The fraction of sp³-hybridized carbons (Fsp3) is 0.308. The molecule has 0 saturated carbocycles. The van der Waals surface area contributed by atoms with Crippen LogP contribution in [0.5, 0.6) is 0 Å². The third kappa shape index (κ3) is 2.90. The van der Waals surface area contributed by atoms with Gasteiger partial charge in [0.05, 0.1) is 22.6 Å². The van der Waals surface area contributed by atoms with Gasteiger partial charge in [-0.3, -0.25) is 9.97 Å². The molecule has 2 rings (SSSR count). The molecule has 2 aromatic heterocycles. The Balaban J connectivity index is 2.25. The summed E-state index contributed by atoms with van der Waals surface area (Å²) in [5.41, 5.74) is 9.03. The van der Waals surface area contributed by atoms with Crippen LogP contribution in [0.1, 0.15) is 28.5 Å². The highest BCUT2D eigenvalue weighted by atomic mass is 14.9. The van der Waals surface area contributed by atoms with Crippen LogP contribution in [0.15, 0.2) is 12.4 Å². The first-order valence-electron chi connectivity index (χ1n) is 6.01. The molecule has 0 amide bonds. The molecule has 0 saturated heterocycles. The molecule has 6 heteroatoms. The highest BCUT2D eigenvalue weighted by Crippen LogP contribution is 2.14. The van der Waals surface area contributed by atoms with Gasteiger partial charge in [0.2, 0.25) is 0 Å². The van der Waals surface area contributed by atoms with Crippen molar-refractivity contribution >= 4 is 12.0 Å². The quantitative estimate of drug-likeness (QED) is 0.801. The maximum Gasteiger partial charge on any atom is 0.136 e. The van der Waals surface area contributed by atoms with Crippen LogP contribution in [0.2, 0.25) is 0 Å². The average Bonchev–Trinajstić information content (AvgIpc) is 2.37. The van der Waals surface area contributed by atoms with Crippen LogP contribution in [-0.4, -0.2) is 26.2 Å². The number of hydrogen-bond donors (Lipinski definition) is 2. The molecule has 19 heavy (non-hydrogen) atoms. The van der Waals surface area contributed by atoms with E-state index in [1.165, 1.54) is 6.21 Å². The molecule has 6 nitrogen and oxygen atoms in total. The minimum absolute atomic E-state index is 0.355. The first-order valence-corrected chi connectivity index (χ1v) is 6.01. The van der Waals surface area contributed by atoms with Crippen molar-refractivity contribution in [1.29, 1.82) is 5.41 Å². The number of nitrogens with two attached hydrogens (primary N) is 1. The fourth-order valence-corrected chi connectivity index (χ4v) is 1.93. The van der Waals surface area contributed by atoms with Crippen molar-refractivity contribution in [2.75, 3.05) is 5.73 Å². The second-order valence-corrected chi connectivity index (χ2v) is 4.25. The molecule has 0 unspecified atom stereocenters. The van der Waals surface area contributed by atoms with Crippen molar-refractivity contribution in [2.45, 2.75) is 26.7 Å². The molecule has 0 spiro atoms. The van der Waals surface area contributed by atoms with E-state index in [1.54, 1.807) is 19.3 Å². The zero-order chi connectivity index (χ0) is 13.8. The molecule has 2 aromatic rings. The zero-order valence-corrected chi connectivity index (χ0v) is 11.0. The van der Waals surface area contributed by atoms with Crippen molar-refractivity contribution in [2.24, 2.45) is 0 Å². The lowest BCUT2D eigenvalue weighted by molar-refractivity contribution is 0.836. The number of aryl methyl sites for hydroxylation is 4. The first kappa shape index (κ1) is 13.1. The molecule has 0 aromatic carbocycles. The summed E-state index contributed by atoms with van der Waals surface area (Å²) < 4.78 is 0. The maximum absolute atomic E-state index is 7.41. The molecular formula is C13H16N6. The van der Waals surface area contributed by atoms with E-state index in [4.69, 9.17) is 11.1 Å². The lowest BCUT2D eigenvalue weighted by Crippen LogP contribution is -2.09. The Morgan fingerprint density at radius 1 is 1.11 bits per heavy atom. The van der Waals surface area contributed by atoms with Gasteiger partial charge in [-0.2, -0.15) is 0 Å². The fourth-order valence-electron chi connectivity index (χ4n) is 1.93. The highest BCUT2D eigenvalue weighted by Gasteiger charge is 2.10. The molecule has 0 aliphatic heterocycles. The van der Waals surface area contributed by atoms with E-state index >= 15 is 0 Å². The Morgan fingerprint density at radius 3 is 2.47 bits per heavy atom. The van der Waals surface area contributed by atoms with Gasteiger partial charge in [-0.15, -0.1) is 0 Å². The molecule has 0 aliphatic rings. The van der Waals surface area contributed by atoms with E-state index in [-0.39, 0.29) is 0 Å². The Labute approximate surface area is 111 Å². The molecule has 98 valence electrons. The molecule has 0 atom stereocenters. The average molecular weight is 256 g/mol. The van der Waals surface area contributed by atoms with Crippen molar-refractivity contribution in [1.82, 2.24) is 19.9 Å². The van der Waals surface area contributed by atoms with Gasteiger partial charge >= 0.3 is 0 Å². The molecule has 2 heterocycles. The molecule has 3 N–H and O–H groups in total. The molecular weight excluding hydrogens is 240 g/mol. The van der Waals surface area contributed by atoms with Crippen molar-refractivity contribution in [3.8, 4) is 0 Å². The first-order chi connectivity index (χ1) is 9.11. The largest absolute Gasteiger partial charge is 0.383 e. The van der Waals surface area contributed by atoms with Gasteiger partial charge in [0.15, 0.2) is 0 Å². The van der Waals surface area contributed by atoms with Gasteiger partial charge in [0.25, 0.3) is 0 Å². The van der Waals surface area contributed by atoms with Gasteiger partial charge < -0.3 is 11.1 Å². The molecule has 0 radical (unpaired) electrons. The van der Waals surface area contributed by atoms with Crippen LogP contribution in [0.25, 0.3) is 0 Å². The van der Waals surface area contributed by atoms with Crippen LogP contribution >= 0.6 is 0 Å². The number of nitrogens with one attached hydrogen (secondary N) is 1. The van der Waals surface area contributed by atoms with E-state index in [1.807, 2.05) is 6.92 Å². The van der Waals surface area contributed by atoms with Crippen molar-refractivity contribution < 1.29 is 0 Å². The normalized spacial score (nSPS) is 10.4. The van der Waals surface area contributed by atoms with E-state index in [9.17, 15) is 0 Å². The predicted molar refractivity (Wildman–Crippen MR) is 73.2 cm³/mol. The number of nitrogen functional groups attached to an aromatic ring is 1. The summed E-state index contributed by atoms with van der Waals surface area (Å²) in [5.74, 6) is 0.974. The predicted octanol–water partition coefficient (Wildman–Crippen LogP) is 1.25. The summed E-state index contributed by atoms with van der Waals surface area (Å²) in [6, 6.07) is 0. The zero-order valence-electron chi connectivity index (χ0n) is 11.0. The summed E-state index contributed by atoms with van der Waals surface area (Å²) in [6.07, 6.45) is 5.94. The van der Waals surface area contributed by atoms with Crippen molar-refractivity contribution in [3.05, 3.63) is 40.9 Å². The number of anilines is 1. The monoisotopic (exact) mass is 256 g/mol. The standard InChI is InChI=1S/C13H16N6/c1-8-11(17-6-5-16-8)3-4-12-10(7-14)13(15)19-9(2)18-12/h5-7,14H,3-4H2,1-2H3,(H2,15,18,19). The Hall–Kier alpha value is -2.37. The minimum atomic E-state index is 0.355. The summed E-state index contributed by atoms with van der Waals surface area (Å²) in [4.78, 5) is 16.9. The van der Waals surface area contributed by atoms with Gasteiger partial charge in [-0.25, -0.2) is 9.97 Å². The summed E-state index contributed by atoms with van der Waals surface area (Å²) in [7, 11) is 0. The third-order valence-electron chi connectivity index (χ3n) is 2.89. The lowest BCUT2D eigenvalue weighted by atomic mass is 10.1. The second kappa shape index (κ2) is 5.51. The van der Waals surface area contributed by atoms with Crippen LogP contribution in [0, 0.1) is 19.3 Å². The smallest absolute Gasteiger partial charge is 0.136 e. The minimum Gasteiger partial charge on any atom is -0.383 e. The van der Waals surface area contributed by atoms with Crippen LogP contribution in [0.4, 0.5) is 5.82 Å². The Kier molecular flexibility index (Phi) is 3.79. The number of aromatic nitrogens is 4. The van der Waals surface area contributed by atoms with Crippen LogP contribution in [-0.2, 0) is 12.8 Å². The topological polar surface area (TPSA) is 101 Å². The van der Waals surface area contributed by atoms with E-state index in [2.05, 4.69) is 19.9 Å². The Morgan fingerprint density at radius 2 is 1.79 bits per heavy atom. The third-order valence-corrected chi connectivity index (χ3v) is 2.89. The van der Waals surface area contributed by atoms with Gasteiger partial charge in [0, 0.05) is 18.6 Å². The van der Waals surface area contributed by atoms with Crippen LogP contribution in [0.3, 0.4) is 0 Å². The second-order valence-electron chi connectivity index (χ2n) is 4.25. The molecule has 0 fully saturated rings. The van der Waals surface area contributed by atoms with Gasteiger partial charge in [-0.05, 0) is 26.7 Å². The molecule has 0 bridgehead atoms. The maximum atomic E-state index is 7.41. The van der Waals surface area contributed by atoms with E-state index < -0.39 is 0 Å². The summed E-state index contributed by atoms with van der Waals surface area (Å²) in [5, 5.41) is 7.41. The number of hydrogen-bond acceptors (Lipinski definition) is 6. The van der Waals surface area contributed by atoms with Gasteiger partial charge in [0.1, 0.15) is 11.6 Å². The summed E-state index contributed by atoms with van der Waals surface area (Å²) in [6.45, 7) is 3.72. The SMILES string of the molecule is Cc1nc(N)c(C=N)c(CCc2nccnc2C)n1. The lowest BCUT2D eigenvalue weighted by Gasteiger charge is -2.08. The van der Waals surface area contributed by atoms with Gasteiger partial charge in [-0.1, -0.05) is 0 Å². The Bertz CT molecular complexity index is 608. The molecule has 0 aliphatic carbocycles. The number of rotatable bonds is 4.